The Morgan fingerprint density at radius 3 is 2.74 bits per heavy atom. The van der Waals surface area contributed by atoms with Crippen molar-refractivity contribution in [3.05, 3.63) is 53.6 Å². The molecule has 0 fully saturated rings. The molecule has 1 aliphatic heterocycles. The molecule has 0 saturated heterocycles. The molecule has 1 aromatic heterocycles. The number of primary amides is 1. The van der Waals surface area contributed by atoms with E-state index >= 15 is 0 Å². The van der Waals surface area contributed by atoms with Crippen LogP contribution in [-0.4, -0.2) is 39.4 Å². The second-order valence-corrected chi connectivity index (χ2v) is 5.37. The van der Waals surface area contributed by atoms with Gasteiger partial charge in [-0.1, -0.05) is 30.3 Å². The Hall–Kier alpha value is -2.67. The molecule has 2 aromatic rings. The lowest BCUT2D eigenvalue weighted by Gasteiger charge is -2.28. The summed E-state index contributed by atoms with van der Waals surface area (Å²) in [6.07, 6.45) is 1.46. The number of fused-ring (bicyclic) bond motifs is 1. The molecule has 2 heterocycles. The van der Waals surface area contributed by atoms with Crippen LogP contribution in [0.2, 0.25) is 0 Å². The minimum atomic E-state index is -0.505. The summed E-state index contributed by atoms with van der Waals surface area (Å²) < 4.78 is 7.23. The zero-order valence-corrected chi connectivity index (χ0v) is 12.6. The minimum Gasteiger partial charge on any atom is -0.367 e. The molecule has 0 unspecified atom stereocenters. The molecule has 7 heteroatoms. The van der Waals surface area contributed by atoms with E-state index in [2.05, 4.69) is 4.98 Å². The Labute approximate surface area is 133 Å². The van der Waals surface area contributed by atoms with Crippen LogP contribution in [-0.2, 0) is 29.2 Å². The lowest BCUT2D eigenvalue weighted by molar-refractivity contribution is -0.138. The van der Waals surface area contributed by atoms with Gasteiger partial charge in [-0.15, -0.1) is 0 Å². The fourth-order valence-electron chi connectivity index (χ4n) is 2.59. The smallest absolute Gasteiger partial charge is 0.266 e. The van der Waals surface area contributed by atoms with Gasteiger partial charge >= 0.3 is 0 Å². The zero-order chi connectivity index (χ0) is 16.2. The Morgan fingerprint density at radius 1 is 1.22 bits per heavy atom. The molecule has 120 valence electrons. The summed E-state index contributed by atoms with van der Waals surface area (Å²) >= 11 is 0. The fourth-order valence-corrected chi connectivity index (χ4v) is 2.59. The van der Waals surface area contributed by atoms with Gasteiger partial charge in [0, 0.05) is 13.1 Å². The molecular weight excluding hydrogens is 296 g/mol. The summed E-state index contributed by atoms with van der Waals surface area (Å²) in [6, 6.07) is 9.70. The van der Waals surface area contributed by atoms with Crippen molar-refractivity contribution < 1.29 is 14.3 Å². The van der Waals surface area contributed by atoms with Gasteiger partial charge in [0.1, 0.15) is 18.1 Å². The number of aromatic nitrogens is 2. The van der Waals surface area contributed by atoms with Crippen LogP contribution in [0.4, 0.5) is 0 Å². The minimum absolute atomic E-state index is 0.0261. The number of benzene rings is 1. The Balaban J connectivity index is 1.54. The van der Waals surface area contributed by atoms with E-state index in [1.807, 2.05) is 30.3 Å². The Kier molecular flexibility index (Phi) is 4.38. The molecule has 2 amide bonds. The molecule has 0 spiro atoms. The third kappa shape index (κ3) is 3.40. The topological polar surface area (TPSA) is 90.5 Å². The van der Waals surface area contributed by atoms with Gasteiger partial charge in [0.05, 0.1) is 19.3 Å². The van der Waals surface area contributed by atoms with Crippen molar-refractivity contribution in [2.24, 2.45) is 5.73 Å². The highest BCUT2D eigenvalue weighted by molar-refractivity contribution is 5.91. The van der Waals surface area contributed by atoms with Gasteiger partial charge in [-0.25, -0.2) is 4.98 Å². The first kappa shape index (κ1) is 15.2. The van der Waals surface area contributed by atoms with E-state index in [1.54, 1.807) is 9.47 Å². The first-order chi connectivity index (χ1) is 11.1. The van der Waals surface area contributed by atoms with E-state index in [1.165, 1.54) is 6.20 Å². The average molecular weight is 314 g/mol. The first-order valence-electron chi connectivity index (χ1n) is 7.39. The standard InChI is InChI=1S/C16H18N4O3/c17-16(22)13-8-18-14-9-19(6-7-20(13)14)15(21)11-23-10-12-4-2-1-3-5-12/h1-5,8H,6-7,9-11H2,(H2,17,22). The summed E-state index contributed by atoms with van der Waals surface area (Å²) in [5.41, 5.74) is 6.71. The third-order valence-electron chi connectivity index (χ3n) is 3.81. The maximum Gasteiger partial charge on any atom is 0.266 e. The van der Waals surface area contributed by atoms with Crippen molar-refractivity contribution in [2.45, 2.75) is 19.7 Å². The average Bonchev–Trinajstić information content (AvgIpc) is 2.99. The molecule has 0 bridgehead atoms. The molecular formula is C16H18N4O3. The highest BCUT2D eigenvalue weighted by Crippen LogP contribution is 2.14. The highest BCUT2D eigenvalue weighted by atomic mass is 16.5. The molecule has 7 nitrogen and oxygen atoms in total. The van der Waals surface area contributed by atoms with Gasteiger partial charge in [0.2, 0.25) is 5.91 Å². The molecule has 23 heavy (non-hydrogen) atoms. The van der Waals surface area contributed by atoms with Gasteiger partial charge in [-0.2, -0.15) is 0 Å². The van der Waals surface area contributed by atoms with Gasteiger partial charge in [0.15, 0.2) is 0 Å². The number of rotatable bonds is 5. The summed E-state index contributed by atoms with van der Waals surface area (Å²) in [6.45, 7) is 1.81. The highest BCUT2D eigenvalue weighted by Gasteiger charge is 2.24. The van der Waals surface area contributed by atoms with Gasteiger partial charge in [-0.05, 0) is 5.56 Å². The molecule has 0 radical (unpaired) electrons. The fraction of sp³-hybridized carbons (Fsp3) is 0.312. The first-order valence-corrected chi connectivity index (χ1v) is 7.39. The quantitative estimate of drug-likeness (QED) is 0.872. The predicted octanol–water partition coefficient (Wildman–Crippen LogP) is 0.541. The van der Waals surface area contributed by atoms with Crippen molar-refractivity contribution in [1.29, 1.82) is 0 Å². The third-order valence-corrected chi connectivity index (χ3v) is 3.81. The summed E-state index contributed by atoms with van der Waals surface area (Å²) in [7, 11) is 0. The number of hydrogen-bond acceptors (Lipinski definition) is 4. The molecule has 2 N–H and O–H groups in total. The van der Waals surface area contributed by atoms with E-state index in [9.17, 15) is 9.59 Å². The second-order valence-electron chi connectivity index (χ2n) is 5.37. The Morgan fingerprint density at radius 2 is 2.00 bits per heavy atom. The molecule has 0 aliphatic carbocycles. The molecule has 1 aromatic carbocycles. The van der Waals surface area contributed by atoms with Crippen LogP contribution in [0.3, 0.4) is 0 Å². The van der Waals surface area contributed by atoms with Crippen molar-refractivity contribution >= 4 is 11.8 Å². The number of hydrogen-bond donors (Lipinski definition) is 1. The number of carbonyl (C=O) groups is 2. The van der Waals surface area contributed by atoms with E-state index in [-0.39, 0.29) is 12.5 Å². The van der Waals surface area contributed by atoms with Crippen molar-refractivity contribution in [1.82, 2.24) is 14.5 Å². The SMILES string of the molecule is NC(=O)c1cnc2n1CCN(C(=O)COCc1ccccc1)C2. The monoisotopic (exact) mass is 314 g/mol. The van der Waals surface area contributed by atoms with Gasteiger partial charge < -0.3 is 19.9 Å². The van der Waals surface area contributed by atoms with E-state index in [0.717, 1.165) is 5.56 Å². The zero-order valence-electron chi connectivity index (χ0n) is 12.6. The van der Waals surface area contributed by atoms with Gasteiger partial charge in [0.25, 0.3) is 5.91 Å². The summed E-state index contributed by atoms with van der Waals surface area (Å²) in [5, 5.41) is 0. The Bertz CT molecular complexity index is 711. The van der Waals surface area contributed by atoms with Crippen molar-refractivity contribution in [2.75, 3.05) is 13.2 Å². The van der Waals surface area contributed by atoms with Crippen LogP contribution < -0.4 is 5.73 Å². The largest absolute Gasteiger partial charge is 0.367 e. The normalized spacial score (nSPS) is 13.7. The number of ether oxygens (including phenoxy) is 1. The lowest BCUT2D eigenvalue weighted by Crippen LogP contribution is -2.41. The number of carbonyl (C=O) groups excluding carboxylic acids is 2. The number of nitrogens with two attached hydrogens (primary N) is 1. The predicted molar refractivity (Wildman–Crippen MR) is 82.3 cm³/mol. The van der Waals surface area contributed by atoms with Crippen molar-refractivity contribution in [3.8, 4) is 0 Å². The lowest BCUT2D eigenvalue weighted by atomic mass is 10.2. The molecule has 0 saturated carbocycles. The van der Waals surface area contributed by atoms with Crippen LogP contribution in [0.1, 0.15) is 21.9 Å². The van der Waals surface area contributed by atoms with E-state index in [4.69, 9.17) is 10.5 Å². The molecule has 0 atom stereocenters. The number of imidazole rings is 1. The van der Waals surface area contributed by atoms with Crippen LogP contribution in [0, 0.1) is 0 Å². The number of amides is 2. The van der Waals surface area contributed by atoms with Crippen molar-refractivity contribution in [3.63, 3.8) is 0 Å². The van der Waals surface area contributed by atoms with Crippen LogP contribution in [0.15, 0.2) is 36.5 Å². The van der Waals surface area contributed by atoms with Crippen LogP contribution in [0.5, 0.6) is 0 Å². The van der Waals surface area contributed by atoms with E-state index < -0.39 is 5.91 Å². The maximum atomic E-state index is 12.2. The van der Waals surface area contributed by atoms with Crippen LogP contribution in [0.25, 0.3) is 0 Å². The number of nitrogens with zero attached hydrogens (tertiary/aromatic N) is 3. The van der Waals surface area contributed by atoms with E-state index in [0.29, 0.717) is 37.8 Å². The maximum absolute atomic E-state index is 12.2. The summed E-state index contributed by atoms with van der Waals surface area (Å²) in [4.78, 5) is 29.3. The van der Waals surface area contributed by atoms with Gasteiger partial charge in [-0.3, -0.25) is 9.59 Å². The van der Waals surface area contributed by atoms with Crippen LogP contribution >= 0.6 is 0 Å². The molecule has 1 aliphatic rings. The molecule has 3 rings (SSSR count). The second kappa shape index (κ2) is 6.62. The summed E-state index contributed by atoms with van der Waals surface area (Å²) in [5.74, 6) is 0.0759.